The van der Waals surface area contributed by atoms with Gasteiger partial charge in [0, 0.05) is 6.04 Å². The van der Waals surface area contributed by atoms with E-state index >= 15 is 0 Å². The molecule has 1 N–H and O–H groups in total. The van der Waals surface area contributed by atoms with E-state index in [1.54, 1.807) is 13.0 Å². The number of ether oxygens (including phenoxy) is 1. The van der Waals surface area contributed by atoms with Crippen LogP contribution in [0.4, 0.5) is 0 Å². The molecule has 21 heavy (non-hydrogen) atoms. The summed E-state index contributed by atoms with van der Waals surface area (Å²) in [4.78, 5) is 11.8. The minimum atomic E-state index is -3.60. The third-order valence-electron chi connectivity index (χ3n) is 3.85. The number of sulfonamides is 1. The Hall–Kier alpha value is -1.40. The second-order valence-corrected chi connectivity index (χ2v) is 7.14. The summed E-state index contributed by atoms with van der Waals surface area (Å²) in [6.45, 7) is 1.75. The van der Waals surface area contributed by atoms with Gasteiger partial charge in [-0.1, -0.05) is 25.3 Å². The number of hydrogen-bond donors (Lipinski definition) is 1. The van der Waals surface area contributed by atoms with Gasteiger partial charge >= 0.3 is 5.97 Å². The molecule has 1 fully saturated rings. The highest BCUT2D eigenvalue weighted by molar-refractivity contribution is 7.89. The topological polar surface area (TPSA) is 72.5 Å². The van der Waals surface area contributed by atoms with Gasteiger partial charge in [0.2, 0.25) is 10.0 Å². The highest BCUT2D eigenvalue weighted by Gasteiger charge is 2.23. The molecule has 0 spiro atoms. The first kappa shape index (κ1) is 16.0. The molecule has 5 nitrogen and oxygen atoms in total. The molecule has 2 rings (SSSR count). The van der Waals surface area contributed by atoms with Gasteiger partial charge in [0.25, 0.3) is 0 Å². The molecule has 1 aliphatic rings. The third kappa shape index (κ3) is 3.83. The van der Waals surface area contributed by atoms with E-state index in [4.69, 9.17) is 0 Å². The average molecular weight is 311 g/mol. The molecule has 1 aromatic carbocycles. The van der Waals surface area contributed by atoms with Crippen molar-refractivity contribution in [1.82, 2.24) is 4.72 Å². The van der Waals surface area contributed by atoms with Crippen molar-refractivity contribution < 1.29 is 17.9 Å². The predicted octanol–water partition coefficient (Wildman–Crippen LogP) is 2.39. The standard InChI is InChI=1S/C15H21NO4S/c1-11-8-9-13(10-14(11)15(17)20-2)21(18,19)16-12-6-4-3-5-7-12/h8-10,12,16H,3-7H2,1-2H3. The van der Waals surface area contributed by atoms with Crippen LogP contribution >= 0.6 is 0 Å². The summed E-state index contributed by atoms with van der Waals surface area (Å²) >= 11 is 0. The van der Waals surface area contributed by atoms with Crippen LogP contribution in [0.15, 0.2) is 23.1 Å². The summed E-state index contributed by atoms with van der Waals surface area (Å²) in [7, 11) is -2.32. The van der Waals surface area contributed by atoms with Gasteiger partial charge in [0.1, 0.15) is 0 Å². The normalized spacial score (nSPS) is 16.7. The maximum Gasteiger partial charge on any atom is 0.338 e. The third-order valence-corrected chi connectivity index (χ3v) is 5.37. The van der Waals surface area contributed by atoms with E-state index in [0.29, 0.717) is 5.56 Å². The second kappa shape index (κ2) is 6.58. The Morgan fingerprint density at radius 2 is 1.90 bits per heavy atom. The van der Waals surface area contributed by atoms with E-state index in [2.05, 4.69) is 9.46 Å². The summed E-state index contributed by atoms with van der Waals surface area (Å²) in [6, 6.07) is 4.52. The first-order valence-electron chi connectivity index (χ1n) is 7.15. The zero-order valence-electron chi connectivity index (χ0n) is 12.4. The largest absolute Gasteiger partial charge is 0.465 e. The molecule has 0 aliphatic heterocycles. The molecular formula is C15H21NO4S. The SMILES string of the molecule is COC(=O)c1cc(S(=O)(=O)NC2CCCCC2)ccc1C. The predicted molar refractivity (Wildman–Crippen MR) is 79.7 cm³/mol. The quantitative estimate of drug-likeness (QED) is 0.867. The fourth-order valence-corrected chi connectivity index (χ4v) is 3.94. The maximum atomic E-state index is 12.4. The first-order valence-corrected chi connectivity index (χ1v) is 8.63. The number of carbonyl (C=O) groups excluding carboxylic acids is 1. The molecule has 0 atom stereocenters. The van der Waals surface area contributed by atoms with Crippen molar-refractivity contribution in [3.05, 3.63) is 29.3 Å². The number of methoxy groups -OCH3 is 1. The Balaban J connectivity index is 2.25. The lowest BCUT2D eigenvalue weighted by atomic mass is 9.96. The molecule has 0 radical (unpaired) electrons. The number of carbonyl (C=O) groups is 1. The van der Waals surface area contributed by atoms with Crippen LogP contribution in [0.2, 0.25) is 0 Å². The van der Waals surface area contributed by atoms with E-state index < -0.39 is 16.0 Å². The lowest BCUT2D eigenvalue weighted by molar-refractivity contribution is 0.0599. The van der Waals surface area contributed by atoms with Crippen molar-refractivity contribution >= 4 is 16.0 Å². The summed E-state index contributed by atoms with van der Waals surface area (Å²) in [5.74, 6) is -0.526. The number of hydrogen-bond acceptors (Lipinski definition) is 4. The van der Waals surface area contributed by atoms with Gasteiger partial charge in [0.05, 0.1) is 17.6 Å². The van der Waals surface area contributed by atoms with E-state index in [9.17, 15) is 13.2 Å². The Bertz CT molecular complexity index is 619. The average Bonchev–Trinajstić information content (AvgIpc) is 2.47. The van der Waals surface area contributed by atoms with Crippen LogP contribution in [-0.2, 0) is 14.8 Å². The molecule has 0 heterocycles. The molecule has 0 aromatic heterocycles. The Labute approximate surface area is 125 Å². The van der Waals surface area contributed by atoms with Gasteiger partial charge in [-0.25, -0.2) is 17.9 Å². The van der Waals surface area contributed by atoms with Gasteiger partial charge in [0.15, 0.2) is 0 Å². The van der Waals surface area contributed by atoms with Crippen LogP contribution < -0.4 is 4.72 Å². The van der Waals surface area contributed by atoms with E-state index in [0.717, 1.165) is 32.1 Å². The highest BCUT2D eigenvalue weighted by atomic mass is 32.2. The molecule has 1 saturated carbocycles. The number of benzene rings is 1. The Morgan fingerprint density at radius 1 is 1.24 bits per heavy atom. The summed E-state index contributed by atoms with van der Waals surface area (Å²) in [5, 5.41) is 0. The van der Waals surface area contributed by atoms with Crippen molar-refractivity contribution in [2.24, 2.45) is 0 Å². The second-order valence-electron chi connectivity index (χ2n) is 5.42. The molecule has 0 saturated heterocycles. The first-order chi connectivity index (χ1) is 9.94. The molecule has 116 valence electrons. The maximum absolute atomic E-state index is 12.4. The number of aryl methyl sites for hydroxylation is 1. The van der Waals surface area contributed by atoms with Crippen molar-refractivity contribution in [3.8, 4) is 0 Å². The number of rotatable bonds is 4. The fourth-order valence-electron chi connectivity index (χ4n) is 2.61. The Morgan fingerprint density at radius 3 is 2.52 bits per heavy atom. The Kier molecular flexibility index (Phi) is 5.00. The lowest BCUT2D eigenvalue weighted by Crippen LogP contribution is -2.36. The minimum Gasteiger partial charge on any atom is -0.465 e. The van der Waals surface area contributed by atoms with Gasteiger partial charge in [-0.05, 0) is 37.5 Å². The van der Waals surface area contributed by atoms with Crippen molar-refractivity contribution in [2.45, 2.75) is 50.0 Å². The summed E-state index contributed by atoms with van der Waals surface area (Å²) < 4.78 is 32.2. The molecule has 0 bridgehead atoms. The number of nitrogens with one attached hydrogen (secondary N) is 1. The van der Waals surface area contributed by atoms with Gasteiger partial charge in [-0.15, -0.1) is 0 Å². The van der Waals surface area contributed by atoms with Crippen molar-refractivity contribution in [3.63, 3.8) is 0 Å². The highest BCUT2D eigenvalue weighted by Crippen LogP contribution is 2.21. The van der Waals surface area contributed by atoms with Crippen LogP contribution in [0.3, 0.4) is 0 Å². The molecule has 0 amide bonds. The van der Waals surface area contributed by atoms with Gasteiger partial charge < -0.3 is 4.74 Å². The fraction of sp³-hybridized carbons (Fsp3) is 0.533. The molecular weight excluding hydrogens is 290 g/mol. The summed E-state index contributed by atoms with van der Waals surface area (Å²) in [5.41, 5.74) is 0.975. The van der Waals surface area contributed by atoms with E-state index in [1.165, 1.54) is 19.2 Å². The lowest BCUT2D eigenvalue weighted by Gasteiger charge is -2.22. The van der Waals surface area contributed by atoms with Gasteiger partial charge in [-0.2, -0.15) is 0 Å². The van der Waals surface area contributed by atoms with Gasteiger partial charge in [-0.3, -0.25) is 0 Å². The zero-order valence-corrected chi connectivity index (χ0v) is 13.2. The molecule has 6 heteroatoms. The van der Waals surface area contributed by atoms with Crippen molar-refractivity contribution in [2.75, 3.05) is 7.11 Å². The van der Waals surface area contributed by atoms with Crippen molar-refractivity contribution in [1.29, 1.82) is 0 Å². The van der Waals surface area contributed by atoms with E-state index in [1.807, 2.05) is 0 Å². The summed E-state index contributed by atoms with van der Waals surface area (Å²) in [6.07, 6.45) is 5.00. The smallest absolute Gasteiger partial charge is 0.338 e. The van der Waals surface area contributed by atoms with E-state index in [-0.39, 0.29) is 16.5 Å². The number of esters is 1. The van der Waals surface area contributed by atoms with Crippen LogP contribution in [0.5, 0.6) is 0 Å². The monoisotopic (exact) mass is 311 g/mol. The molecule has 1 aliphatic carbocycles. The van der Waals surface area contributed by atoms with Crippen LogP contribution in [0.1, 0.15) is 48.0 Å². The molecule has 1 aromatic rings. The van der Waals surface area contributed by atoms with Crippen LogP contribution in [0.25, 0.3) is 0 Å². The molecule has 0 unspecified atom stereocenters. The minimum absolute atomic E-state index is 0.00775. The van der Waals surface area contributed by atoms with Crippen LogP contribution in [0, 0.1) is 6.92 Å². The van der Waals surface area contributed by atoms with Crippen LogP contribution in [-0.4, -0.2) is 27.5 Å². The zero-order chi connectivity index (χ0) is 15.5.